The highest BCUT2D eigenvalue weighted by Gasteiger charge is 2.06. The van der Waals surface area contributed by atoms with E-state index < -0.39 is 0 Å². The number of hydrogen-bond acceptors (Lipinski definition) is 4. The minimum atomic E-state index is 0.222. The van der Waals surface area contributed by atoms with Crippen molar-refractivity contribution in [2.45, 2.75) is 6.42 Å². The predicted molar refractivity (Wildman–Crippen MR) is 71.3 cm³/mol. The molecule has 0 spiro atoms. The molecule has 2 rings (SSSR count). The van der Waals surface area contributed by atoms with Crippen molar-refractivity contribution >= 4 is 23.2 Å². The zero-order valence-corrected chi connectivity index (χ0v) is 10.9. The van der Waals surface area contributed by atoms with Gasteiger partial charge >= 0.3 is 6.01 Å². The van der Waals surface area contributed by atoms with Gasteiger partial charge in [-0.25, -0.2) is 9.97 Å². The van der Waals surface area contributed by atoms with Crippen molar-refractivity contribution in [3.05, 3.63) is 46.2 Å². The first kappa shape index (κ1) is 13.1. The third-order valence-corrected chi connectivity index (χ3v) is 2.76. The van der Waals surface area contributed by atoms with Crippen LogP contribution in [0.2, 0.25) is 10.0 Å². The lowest BCUT2D eigenvalue weighted by atomic mass is 10.2. The van der Waals surface area contributed by atoms with E-state index in [1.807, 2.05) is 0 Å². The van der Waals surface area contributed by atoms with Gasteiger partial charge in [-0.3, -0.25) is 0 Å². The first-order valence-corrected chi connectivity index (χ1v) is 6.08. The van der Waals surface area contributed by atoms with Crippen LogP contribution in [0.15, 0.2) is 30.6 Å². The molecule has 0 fully saturated rings. The Bertz CT molecular complexity index is 531. The summed E-state index contributed by atoms with van der Waals surface area (Å²) in [6.07, 6.45) is 4.08. The fourth-order valence-corrected chi connectivity index (χ4v) is 1.66. The van der Waals surface area contributed by atoms with Gasteiger partial charge in [0.2, 0.25) is 0 Å². The molecule has 0 aliphatic carbocycles. The number of aromatic nitrogens is 2. The summed E-state index contributed by atoms with van der Waals surface area (Å²) in [7, 11) is 0. The molecular formula is C12H11Cl2N3O. The Labute approximate surface area is 115 Å². The van der Waals surface area contributed by atoms with E-state index in [-0.39, 0.29) is 6.01 Å². The van der Waals surface area contributed by atoms with Gasteiger partial charge < -0.3 is 10.5 Å². The van der Waals surface area contributed by atoms with Crippen molar-refractivity contribution in [3.63, 3.8) is 0 Å². The van der Waals surface area contributed by atoms with Crippen molar-refractivity contribution in [2.75, 3.05) is 6.54 Å². The molecule has 1 aromatic heterocycles. The summed E-state index contributed by atoms with van der Waals surface area (Å²) in [6.45, 7) is 0.559. The summed E-state index contributed by atoms with van der Waals surface area (Å²) in [4.78, 5) is 8.15. The summed E-state index contributed by atoms with van der Waals surface area (Å²) in [5.74, 6) is 0.427. The topological polar surface area (TPSA) is 61.0 Å². The van der Waals surface area contributed by atoms with Crippen LogP contribution in [0, 0.1) is 0 Å². The number of nitrogens with zero attached hydrogens (tertiary/aromatic N) is 2. The van der Waals surface area contributed by atoms with E-state index in [0.29, 0.717) is 22.3 Å². The lowest BCUT2D eigenvalue weighted by Crippen LogP contribution is -2.03. The number of rotatable bonds is 4. The average Bonchev–Trinajstić information content (AvgIpc) is 2.37. The molecule has 6 heteroatoms. The Morgan fingerprint density at radius 2 is 1.89 bits per heavy atom. The quantitative estimate of drug-likeness (QED) is 0.937. The number of hydrogen-bond donors (Lipinski definition) is 1. The lowest BCUT2D eigenvalue weighted by Gasteiger charge is -2.06. The number of ether oxygens (including phenoxy) is 1. The van der Waals surface area contributed by atoms with Crippen molar-refractivity contribution in [3.8, 4) is 11.8 Å². The molecule has 94 valence electrons. The second-order valence-electron chi connectivity index (χ2n) is 3.59. The monoisotopic (exact) mass is 283 g/mol. The molecule has 4 nitrogen and oxygen atoms in total. The van der Waals surface area contributed by atoms with Gasteiger partial charge in [-0.05, 0) is 30.7 Å². The minimum absolute atomic E-state index is 0.222. The van der Waals surface area contributed by atoms with Crippen LogP contribution in [0.5, 0.6) is 11.8 Å². The van der Waals surface area contributed by atoms with E-state index in [4.69, 9.17) is 33.7 Å². The average molecular weight is 284 g/mol. The van der Waals surface area contributed by atoms with E-state index >= 15 is 0 Å². The summed E-state index contributed by atoms with van der Waals surface area (Å²) in [6, 6.07) is 5.17. The van der Waals surface area contributed by atoms with E-state index in [0.717, 1.165) is 12.0 Å². The molecule has 2 aromatic rings. The van der Waals surface area contributed by atoms with Crippen LogP contribution < -0.4 is 10.5 Å². The summed E-state index contributed by atoms with van der Waals surface area (Å²) < 4.78 is 5.45. The third-order valence-electron chi connectivity index (χ3n) is 2.21. The molecule has 0 radical (unpaired) electrons. The second kappa shape index (κ2) is 6.00. The molecule has 0 amide bonds. The SMILES string of the molecule is NCCc1cnc(Oc2cc(Cl)ccc2Cl)nc1. The van der Waals surface area contributed by atoms with Gasteiger partial charge in [0.1, 0.15) is 0 Å². The van der Waals surface area contributed by atoms with Crippen molar-refractivity contribution in [2.24, 2.45) is 5.73 Å². The molecule has 0 saturated carbocycles. The van der Waals surface area contributed by atoms with Gasteiger partial charge in [-0.1, -0.05) is 23.2 Å². The minimum Gasteiger partial charge on any atom is -0.423 e. The highest BCUT2D eigenvalue weighted by molar-refractivity contribution is 6.34. The zero-order valence-electron chi connectivity index (χ0n) is 9.44. The molecule has 0 bridgehead atoms. The number of benzene rings is 1. The van der Waals surface area contributed by atoms with Gasteiger partial charge in [0, 0.05) is 23.5 Å². The van der Waals surface area contributed by atoms with Crippen LogP contribution in [0.1, 0.15) is 5.56 Å². The van der Waals surface area contributed by atoms with E-state index in [1.165, 1.54) is 0 Å². The van der Waals surface area contributed by atoms with Crippen molar-refractivity contribution in [1.82, 2.24) is 9.97 Å². The second-order valence-corrected chi connectivity index (χ2v) is 4.43. The maximum absolute atomic E-state index is 5.97. The van der Waals surface area contributed by atoms with Gasteiger partial charge in [0.05, 0.1) is 5.02 Å². The predicted octanol–water partition coefficient (Wildman–Crippen LogP) is 3.08. The van der Waals surface area contributed by atoms with Gasteiger partial charge in [-0.15, -0.1) is 0 Å². The van der Waals surface area contributed by atoms with Crippen molar-refractivity contribution < 1.29 is 4.74 Å². The highest BCUT2D eigenvalue weighted by Crippen LogP contribution is 2.30. The maximum Gasteiger partial charge on any atom is 0.321 e. The zero-order chi connectivity index (χ0) is 13.0. The normalized spacial score (nSPS) is 10.4. The molecule has 2 N–H and O–H groups in total. The molecule has 0 saturated heterocycles. The smallest absolute Gasteiger partial charge is 0.321 e. The van der Waals surface area contributed by atoms with Crippen molar-refractivity contribution in [1.29, 1.82) is 0 Å². The maximum atomic E-state index is 5.97. The first-order chi connectivity index (χ1) is 8.69. The first-order valence-electron chi connectivity index (χ1n) is 5.33. The van der Waals surface area contributed by atoms with E-state index in [9.17, 15) is 0 Å². The fraction of sp³-hybridized carbons (Fsp3) is 0.167. The Morgan fingerprint density at radius 1 is 1.17 bits per heavy atom. The van der Waals surface area contributed by atoms with Crippen LogP contribution in [-0.2, 0) is 6.42 Å². The Morgan fingerprint density at radius 3 is 2.56 bits per heavy atom. The molecule has 0 atom stereocenters. The highest BCUT2D eigenvalue weighted by atomic mass is 35.5. The van der Waals surface area contributed by atoms with Crippen LogP contribution in [0.25, 0.3) is 0 Å². The lowest BCUT2D eigenvalue weighted by molar-refractivity contribution is 0.441. The molecule has 0 unspecified atom stereocenters. The van der Waals surface area contributed by atoms with Crippen LogP contribution in [-0.4, -0.2) is 16.5 Å². The van der Waals surface area contributed by atoms with Crippen LogP contribution in [0.3, 0.4) is 0 Å². The van der Waals surface area contributed by atoms with Crippen LogP contribution >= 0.6 is 23.2 Å². The summed E-state index contributed by atoms with van der Waals surface area (Å²) >= 11 is 11.8. The Balaban J connectivity index is 2.15. The molecule has 18 heavy (non-hydrogen) atoms. The van der Waals surface area contributed by atoms with Gasteiger partial charge in [-0.2, -0.15) is 0 Å². The number of halogens is 2. The molecule has 0 aliphatic heterocycles. The Kier molecular flexibility index (Phi) is 4.36. The number of nitrogens with two attached hydrogens (primary N) is 1. The molecule has 1 aromatic carbocycles. The van der Waals surface area contributed by atoms with Gasteiger partial charge in [0.25, 0.3) is 0 Å². The van der Waals surface area contributed by atoms with Crippen LogP contribution in [0.4, 0.5) is 0 Å². The van der Waals surface area contributed by atoms with E-state index in [2.05, 4.69) is 9.97 Å². The van der Waals surface area contributed by atoms with E-state index in [1.54, 1.807) is 30.6 Å². The third kappa shape index (κ3) is 3.32. The molecule has 1 heterocycles. The fourth-order valence-electron chi connectivity index (χ4n) is 1.35. The molecular weight excluding hydrogens is 273 g/mol. The Hall–Kier alpha value is -1.36. The summed E-state index contributed by atoms with van der Waals surface area (Å²) in [5, 5.41) is 0.989. The summed E-state index contributed by atoms with van der Waals surface area (Å²) in [5.41, 5.74) is 6.40. The standard InChI is InChI=1S/C12H11Cl2N3O/c13-9-1-2-10(14)11(5-9)18-12-16-6-8(3-4-15)7-17-12/h1-2,5-7H,3-4,15H2. The molecule has 0 aliphatic rings. The largest absolute Gasteiger partial charge is 0.423 e. The van der Waals surface area contributed by atoms with Gasteiger partial charge in [0.15, 0.2) is 5.75 Å².